The number of carbonyl (C=O) groups is 1. The van der Waals surface area contributed by atoms with Crippen LogP contribution in [0.1, 0.15) is 84.0 Å². The number of ether oxygens (including phenoxy) is 3. The van der Waals surface area contributed by atoms with Crippen LogP contribution >= 0.6 is 0 Å². The fourth-order valence-electron chi connectivity index (χ4n) is 3.36. The van der Waals surface area contributed by atoms with Gasteiger partial charge in [-0.05, 0) is 51.5 Å². The van der Waals surface area contributed by atoms with E-state index in [0.29, 0.717) is 13.0 Å². The predicted octanol–water partition coefficient (Wildman–Crippen LogP) is 3.55. The summed E-state index contributed by atoms with van der Waals surface area (Å²) in [5.74, 6) is -0.124. The van der Waals surface area contributed by atoms with E-state index in [4.69, 9.17) is 9.47 Å². The second kappa shape index (κ2) is 16.3. The average Bonchev–Trinajstić information content (AvgIpc) is 2.68. The summed E-state index contributed by atoms with van der Waals surface area (Å²) in [5, 5.41) is 13.5. The van der Waals surface area contributed by atoms with Gasteiger partial charge in [-0.15, -0.1) is 0 Å². The molecule has 0 aromatic heterocycles. The van der Waals surface area contributed by atoms with Gasteiger partial charge in [0.25, 0.3) is 0 Å². The van der Waals surface area contributed by atoms with E-state index in [1.54, 1.807) is 0 Å². The van der Waals surface area contributed by atoms with Crippen molar-refractivity contribution < 1.29 is 24.1 Å². The molecule has 1 saturated heterocycles. The highest BCUT2D eigenvalue weighted by molar-refractivity contribution is 5.68. The molecule has 0 aliphatic carbocycles. The van der Waals surface area contributed by atoms with E-state index in [-0.39, 0.29) is 24.4 Å². The second-order valence-electron chi connectivity index (χ2n) is 7.54. The minimum absolute atomic E-state index is 0.0613. The molecule has 6 nitrogen and oxygen atoms in total. The maximum Gasteiger partial charge on any atom is 0.305 e. The van der Waals surface area contributed by atoms with E-state index in [0.717, 1.165) is 77.4 Å². The van der Waals surface area contributed by atoms with Gasteiger partial charge in [0, 0.05) is 19.1 Å². The highest BCUT2D eigenvalue weighted by atomic mass is 16.7. The number of hydrogen-bond donors (Lipinski definition) is 2. The lowest BCUT2D eigenvalue weighted by Gasteiger charge is -2.26. The van der Waals surface area contributed by atoms with Gasteiger partial charge in [0.1, 0.15) is 0 Å². The van der Waals surface area contributed by atoms with Crippen LogP contribution in [-0.2, 0) is 19.0 Å². The zero-order valence-electron chi connectivity index (χ0n) is 17.4. The van der Waals surface area contributed by atoms with Crippen LogP contribution in [0.15, 0.2) is 0 Å². The molecular formula is C21H41NO5. The molecule has 6 heteroatoms. The topological polar surface area (TPSA) is 77.0 Å². The Bertz CT molecular complexity index is 360. The first-order valence-electron chi connectivity index (χ1n) is 10.9. The number of carbonyl (C=O) groups excluding carboxylic acids is 1. The Hall–Kier alpha value is -0.690. The van der Waals surface area contributed by atoms with Crippen LogP contribution in [0.2, 0.25) is 0 Å². The fourth-order valence-corrected chi connectivity index (χ4v) is 3.36. The molecule has 3 unspecified atom stereocenters. The van der Waals surface area contributed by atoms with Crippen LogP contribution in [0.3, 0.4) is 0 Å². The van der Waals surface area contributed by atoms with E-state index in [2.05, 4.69) is 17.0 Å². The molecular weight excluding hydrogens is 346 g/mol. The molecule has 1 aliphatic rings. The molecule has 0 radical (unpaired) electrons. The van der Waals surface area contributed by atoms with Gasteiger partial charge >= 0.3 is 5.97 Å². The molecule has 0 bridgehead atoms. The third kappa shape index (κ3) is 13.2. The van der Waals surface area contributed by atoms with Crippen LogP contribution in [-0.4, -0.2) is 56.4 Å². The molecule has 160 valence electrons. The molecule has 0 saturated carbocycles. The monoisotopic (exact) mass is 387 g/mol. The standard InChI is InChI=1S/C21H41NO5/c1-3-10-19(23)14-15-22-18(17-27-21-13-8-9-16-26-21)11-6-4-5-7-12-20(24)25-2/h18-19,21-23H,3-17H2,1-2H3. The van der Waals surface area contributed by atoms with Crippen molar-refractivity contribution >= 4 is 5.97 Å². The Kier molecular flexibility index (Phi) is 14.7. The van der Waals surface area contributed by atoms with Crippen LogP contribution in [0.5, 0.6) is 0 Å². The van der Waals surface area contributed by atoms with Crippen molar-refractivity contribution in [3.05, 3.63) is 0 Å². The van der Waals surface area contributed by atoms with Crippen molar-refractivity contribution in [2.45, 2.75) is 102 Å². The van der Waals surface area contributed by atoms with E-state index >= 15 is 0 Å². The lowest BCUT2D eigenvalue weighted by Crippen LogP contribution is -2.37. The molecule has 1 aliphatic heterocycles. The summed E-state index contributed by atoms with van der Waals surface area (Å²) in [6, 6.07) is 0.282. The third-order valence-corrected chi connectivity index (χ3v) is 5.06. The molecule has 2 N–H and O–H groups in total. The number of nitrogens with one attached hydrogen (secondary N) is 1. The van der Waals surface area contributed by atoms with Gasteiger partial charge in [0.15, 0.2) is 6.29 Å². The van der Waals surface area contributed by atoms with Gasteiger partial charge < -0.3 is 24.6 Å². The van der Waals surface area contributed by atoms with Crippen LogP contribution in [0.4, 0.5) is 0 Å². The number of esters is 1. The van der Waals surface area contributed by atoms with E-state index in [9.17, 15) is 9.90 Å². The van der Waals surface area contributed by atoms with Crippen molar-refractivity contribution in [1.29, 1.82) is 0 Å². The van der Waals surface area contributed by atoms with Crippen molar-refractivity contribution in [1.82, 2.24) is 5.32 Å². The number of aliphatic hydroxyl groups excluding tert-OH is 1. The molecule has 1 rings (SSSR count). The zero-order chi connectivity index (χ0) is 19.7. The highest BCUT2D eigenvalue weighted by Crippen LogP contribution is 2.15. The van der Waals surface area contributed by atoms with E-state index in [1.165, 1.54) is 13.5 Å². The first kappa shape index (κ1) is 24.3. The molecule has 3 atom stereocenters. The Labute approximate surface area is 165 Å². The fraction of sp³-hybridized carbons (Fsp3) is 0.952. The molecule has 0 aromatic rings. The van der Waals surface area contributed by atoms with Gasteiger partial charge in [0.05, 0.1) is 19.8 Å². The zero-order valence-corrected chi connectivity index (χ0v) is 17.4. The van der Waals surface area contributed by atoms with Gasteiger partial charge in [-0.2, -0.15) is 0 Å². The lowest BCUT2D eigenvalue weighted by molar-refractivity contribution is -0.166. The smallest absolute Gasteiger partial charge is 0.305 e. The Morgan fingerprint density at radius 2 is 2.00 bits per heavy atom. The summed E-state index contributed by atoms with van der Waals surface area (Å²) in [7, 11) is 1.44. The molecule has 27 heavy (non-hydrogen) atoms. The summed E-state index contributed by atoms with van der Waals surface area (Å²) in [6.07, 6.45) is 11.3. The number of methoxy groups -OCH3 is 1. The number of unbranched alkanes of at least 4 members (excludes halogenated alkanes) is 3. The van der Waals surface area contributed by atoms with E-state index in [1.807, 2.05) is 0 Å². The van der Waals surface area contributed by atoms with Gasteiger partial charge in [0.2, 0.25) is 0 Å². The Morgan fingerprint density at radius 3 is 2.70 bits per heavy atom. The normalized spacial score (nSPS) is 19.6. The first-order chi connectivity index (χ1) is 13.2. The number of rotatable bonds is 16. The summed E-state index contributed by atoms with van der Waals surface area (Å²) in [6.45, 7) is 4.35. The molecule has 1 heterocycles. The number of hydrogen-bond acceptors (Lipinski definition) is 6. The molecule has 0 aromatic carbocycles. The van der Waals surface area contributed by atoms with Crippen LogP contribution in [0.25, 0.3) is 0 Å². The lowest BCUT2D eigenvalue weighted by atomic mass is 10.1. The summed E-state index contributed by atoms with van der Waals surface area (Å²) in [4.78, 5) is 11.1. The quantitative estimate of drug-likeness (QED) is 0.311. The Morgan fingerprint density at radius 1 is 1.19 bits per heavy atom. The largest absolute Gasteiger partial charge is 0.469 e. The van der Waals surface area contributed by atoms with Gasteiger partial charge in [-0.1, -0.05) is 32.6 Å². The third-order valence-electron chi connectivity index (χ3n) is 5.06. The molecule has 1 fully saturated rings. The van der Waals surface area contributed by atoms with E-state index < -0.39 is 0 Å². The maximum absolute atomic E-state index is 11.1. The van der Waals surface area contributed by atoms with Crippen molar-refractivity contribution in [2.24, 2.45) is 0 Å². The van der Waals surface area contributed by atoms with Crippen LogP contribution < -0.4 is 5.32 Å². The minimum atomic E-state index is -0.218. The van der Waals surface area contributed by atoms with Crippen LogP contribution in [0, 0.1) is 0 Å². The van der Waals surface area contributed by atoms with Gasteiger partial charge in [-0.3, -0.25) is 4.79 Å². The van der Waals surface area contributed by atoms with Crippen molar-refractivity contribution in [3.8, 4) is 0 Å². The summed E-state index contributed by atoms with van der Waals surface area (Å²) < 4.78 is 16.3. The SMILES string of the molecule is CCCC(O)CCNC(CCCCCCC(=O)OC)COC1CCCCO1. The number of aliphatic hydroxyl groups is 1. The summed E-state index contributed by atoms with van der Waals surface area (Å²) in [5.41, 5.74) is 0. The highest BCUT2D eigenvalue weighted by Gasteiger charge is 2.17. The molecule has 0 spiro atoms. The predicted molar refractivity (Wildman–Crippen MR) is 107 cm³/mol. The summed E-state index contributed by atoms with van der Waals surface area (Å²) >= 11 is 0. The molecule has 0 amide bonds. The maximum atomic E-state index is 11.1. The van der Waals surface area contributed by atoms with Gasteiger partial charge in [-0.25, -0.2) is 0 Å². The second-order valence-corrected chi connectivity index (χ2v) is 7.54. The van der Waals surface area contributed by atoms with Crippen molar-refractivity contribution in [2.75, 3.05) is 26.9 Å². The van der Waals surface area contributed by atoms with Crippen molar-refractivity contribution in [3.63, 3.8) is 0 Å². The first-order valence-corrected chi connectivity index (χ1v) is 10.9. The Balaban J connectivity index is 2.22. The average molecular weight is 388 g/mol. The minimum Gasteiger partial charge on any atom is -0.469 e.